The van der Waals surface area contributed by atoms with Crippen LogP contribution in [0.4, 0.5) is 0 Å². The van der Waals surface area contributed by atoms with Crippen molar-refractivity contribution in [1.29, 1.82) is 0 Å². The van der Waals surface area contributed by atoms with Gasteiger partial charge in [-0.25, -0.2) is 0 Å². The van der Waals surface area contributed by atoms with Gasteiger partial charge in [-0.1, -0.05) is 13.8 Å². The van der Waals surface area contributed by atoms with Crippen LogP contribution in [0.5, 0.6) is 0 Å². The molecule has 0 unspecified atom stereocenters. The molecule has 0 atom stereocenters. The summed E-state index contributed by atoms with van der Waals surface area (Å²) >= 11 is 0. The zero-order valence-electron chi connectivity index (χ0n) is 5.07. The van der Waals surface area contributed by atoms with Crippen LogP contribution in [0.3, 0.4) is 0 Å². The van der Waals surface area contributed by atoms with E-state index in [4.69, 9.17) is 5.11 Å². The molecule has 0 saturated carbocycles. The van der Waals surface area contributed by atoms with Crippen molar-refractivity contribution in [2.75, 3.05) is 0 Å². The molecular weight excluding hydrogens is 90.1 g/mol. The van der Waals surface area contributed by atoms with E-state index in [0.29, 0.717) is 6.10 Å². The predicted octanol–water partition coefficient (Wildman–Crippen LogP) is 1.87. The van der Waals surface area contributed by atoms with Crippen LogP contribution in [0.15, 0.2) is 0 Å². The first-order valence-electron chi connectivity index (χ1n) is 2.34. The lowest BCUT2D eigenvalue weighted by Crippen LogP contribution is -1.87. The number of aliphatic hydroxyl groups is 1. The monoisotopic (exact) mass is 104 g/mol. The fraction of sp³-hybridized carbons (Fsp3) is 0.800. The molecule has 0 aliphatic rings. The maximum Gasteiger partial charge on any atom is 0.0927 e. The number of hydrogen-bond donors (Lipinski definition) is 2. The topological polar surface area (TPSA) is 55.2 Å². The molecule has 0 aromatic rings. The fourth-order valence-corrected chi connectivity index (χ4v) is 0.250. The molecule has 2 heteroatoms. The zero-order chi connectivity index (χ0) is 4.99. The van der Waals surface area contributed by atoms with E-state index in [2.05, 4.69) is 0 Å². The third kappa shape index (κ3) is 5.92. The highest BCUT2D eigenvalue weighted by molar-refractivity contribution is 4.67. The van der Waals surface area contributed by atoms with Gasteiger partial charge in [0.25, 0.3) is 0 Å². The Balaban J connectivity index is 0. The molecule has 0 amide bonds. The molecule has 0 fully saturated rings. The molecule has 0 rings (SSSR count). The lowest BCUT2D eigenvalue weighted by molar-refractivity contribution is 0.280. The summed E-state index contributed by atoms with van der Waals surface area (Å²) < 4.78 is 0. The van der Waals surface area contributed by atoms with E-state index >= 15 is 0 Å². The highest BCUT2D eigenvalue weighted by Crippen LogP contribution is 2.02. The summed E-state index contributed by atoms with van der Waals surface area (Å²) in [4.78, 5) is 0. The Morgan fingerprint density at radius 1 is 1.29 bits per heavy atom. The van der Waals surface area contributed by atoms with Crippen LogP contribution in [0.1, 0.15) is 26.7 Å². The SMILES string of the molecule is CC[C](O)CC.N. The van der Waals surface area contributed by atoms with Crippen molar-refractivity contribution in [1.82, 2.24) is 6.15 Å². The van der Waals surface area contributed by atoms with E-state index in [1.54, 1.807) is 0 Å². The first-order chi connectivity index (χ1) is 2.81. The molecule has 2 nitrogen and oxygen atoms in total. The van der Waals surface area contributed by atoms with Crippen LogP contribution in [0.2, 0.25) is 0 Å². The normalized spacial score (nSPS) is 8.57. The van der Waals surface area contributed by atoms with Crippen LogP contribution < -0.4 is 6.15 Å². The number of rotatable bonds is 2. The average molecular weight is 104 g/mol. The van der Waals surface area contributed by atoms with Gasteiger partial charge in [0.2, 0.25) is 0 Å². The van der Waals surface area contributed by atoms with E-state index in [1.165, 1.54) is 0 Å². The van der Waals surface area contributed by atoms with Crippen LogP contribution in [0, 0.1) is 6.10 Å². The van der Waals surface area contributed by atoms with Crippen molar-refractivity contribution in [2.45, 2.75) is 26.7 Å². The molecule has 45 valence electrons. The van der Waals surface area contributed by atoms with Crippen molar-refractivity contribution >= 4 is 0 Å². The summed E-state index contributed by atoms with van der Waals surface area (Å²) in [5, 5.41) is 8.58. The average Bonchev–Trinajstić information content (AvgIpc) is 1.65. The van der Waals surface area contributed by atoms with Crippen LogP contribution in [-0.2, 0) is 0 Å². The Morgan fingerprint density at radius 2 is 1.57 bits per heavy atom. The quantitative estimate of drug-likeness (QED) is 0.562. The minimum Gasteiger partial charge on any atom is -0.387 e. The summed E-state index contributed by atoms with van der Waals surface area (Å²) in [7, 11) is 0. The van der Waals surface area contributed by atoms with Crippen molar-refractivity contribution in [3.8, 4) is 0 Å². The maximum atomic E-state index is 8.58. The Hall–Kier alpha value is -0.0800. The Bertz CT molecular complexity index is 27.3. The molecule has 0 spiro atoms. The van der Waals surface area contributed by atoms with E-state index in [0.717, 1.165) is 12.8 Å². The molecule has 0 saturated heterocycles. The van der Waals surface area contributed by atoms with Crippen molar-refractivity contribution < 1.29 is 5.11 Å². The zero-order valence-corrected chi connectivity index (χ0v) is 5.07. The second-order valence-electron chi connectivity index (χ2n) is 1.27. The Kier molecular flexibility index (Phi) is 8.47. The molecule has 7 heavy (non-hydrogen) atoms. The van der Waals surface area contributed by atoms with Gasteiger partial charge in [0.1, 0.15) is 0 Å². The largest absolute Gasteiger partial charge is 0.387 e. The summed E-state index contributed by atoms with van der Waals surface area (Å²) in [6.45, 7) is 3.89. The second-order valence-corrected chi connectivity index (χ2v) is 1.27. The molecule has 0 aliphatic carbocycles. The van der Waals surface area contributed by atoms with E-state index in [9.17, 15) is 0 Å². The third-order valence-electron chi connectivity index (χ3n) is 0.816. The fourth-order valence-electron chi connectivity index (χ4n) is 0.250. The third-order valence-corrected chi connectivity index (χ3v) is 0.816. The van der Waals surface area contributed by atoms with Crippen molar-refractivity contribution in [3.63, 3.8) is 0 Å². The molecule has 0 bridgehead atoms. The number of hydrogen-bond acceptors (Lipinski definition) is 2. The van der Waals surface area contributed by atoms with Crippen LogP contribution >= 0.6 is 0 Å². The van der Waals surface area contributed by atoms with Crippen molar-refractivity contribution in [2.24, 2.45) is 0 Å². The number of aliphatic hydroxyl groups excluding tert-OH is 1. The van der Waals surface area contributed by atoms with Gasteiger partial charge >= 0.3 is 0 Å². The first kappa shape index (κ1) is 10.0. The van der Waals surface area contributed by atoms with Gasteiger partial charge in [-0.2, -0.15) is 0 Å². The van der Waals surface area contributed by atoms with Gasteiger partial charge < -0.3 is 11.3 Å². The predicted molar refractivity (Wildman–Crippen MR) is 30.8 cm³/mol. The van der Waals surface area contributed by atoms with Gasteiger partial charge in [-0.15, -0.1) is 0 Å². The Labute approximate surface area is 45.1 Å². The van der Waals surface area contributed by atoms with E-state index < -0.39 is 0 Å². The van der Waals surface area contributed by atoms with E-state index in [1.807, 2.05) is 13.8 Å². The van der Waals surface area contributed by atoms with Gasteiger partial charge in [-0.3, -0.25) is 0 Å². The minimum absolute atomic E-state index is 0. The molecule has 0 heterocycles. The summed E-state index contributed by atoms with van der Waals surface area (Å²) in [5.41, 5.74) is 0. The maximum absolute atomic E-state index is 8.58. The minimum atomic E-state index is 0. The molecule has 0 aliphatic heterocycles. The smallest absolute Gasteiger partial charge is 0.0927 e. The van der Waals surface area contributed by atoms with Gasteiger partial charge in [0.15, 0.2) is 0 Å². The standard InChI is InChI=1S/C5H11O.H3N/c1-3-5(6)4-2;/h6H,3-4H2,1-2H3;1H3. The highest BCUT2D eigenvalue weighted by Gasteiger charge is 1.92. The lowest BCUT2D eigenvalue weighted by atomic mass is 10.2. The molecule has 1 radical (unpaired) electrons. The molecule has 0 aromatic carbocycles. The first-order valence-corrected chi connectivity index (χ1v) is 2.34. The van der Waals surface area contributed by atoms with E-state index in [-0.39, 0.29) is 6.15 Å². The summed E-state index contributed by atoms with van der Waals surface area (Å²) in [5.74, 6) is 0. The Morgan fingerprint density at radius 3 is 1.57 bits per heavy atom. The van der Waals surface area contributed by atoms with Crippen LogP contribution in [-0.4, -0.2) is 5.11 Å². The van der Waals surface area contributed by atoms with Crippen LogP contribution in [0.25, 0.3) is 0 Å². The molecular formula is C5H14NO. The molecule has 0 aromatic heterocycles. The van der Waals surface area contributed by atoms with Gasteiger partial charge in [-0.05, 0) is 12.8 Å². The van der Waals surface area contributed by atoms with Gasteiger partial charge in [0.05, 0.1) is 6.10 Å². The van der Waals surface area contributed by atoms with Gasteiger partial charge in [0, 0.05) is 0 Å². The summed E-state index contributed by atoms with van der Waals surface area (Å²) in [6, 6.07) is 0. The highest BCUT2D eigenvalue weighted by atomic mass is 16.3. The second kappa shape index (κ2) is 5.92. The lowest BCUT2D eigenvalue weighted by Gasteiger charge is -1.96. The summed E-state index contributed by atoms with van der Waals surface area (Å²) in [6.07, 6.45) is 2.20. The molecule has 4 N–H and O–H groups in total. The van der Waals surface area contributed by atoms with Crippen molar-refractivity contribution in [3.05, 3.63) is 6.10 Å².